The van der Waals surface area contributed by atoms with Crippen molar-refractivity contribution in [2.45, 2.75) is 40.2 Å². The molecule has 0 aromatic carbocycles. The first kappa shape index (κ1) is 14.0. The summed E-state index contributed by atoms with van der Waals surface area (Å²) in [5.74, 6) is 1.12. The van der Waals surface area contributed by atoms with Crippen LogP contribution in [0.3, 0.4) is 0 Å². The molecule has 0 bridgehead atoms. The molecule has 0 saturated heterocycles. The summed E-state index contributed by atoms with van der Waals surface area (Å²) in [6, 6.07) is 4.00. The molecule has 102 valence electrons. The molecule has 19 heavy (non-hydrogen) atoms. The Kier molecular flexibility index (Phi) is 3.92. The lowest BCUT2D eigenvalue weighted by atomic mass is 10.1. The Labute approximate surface area is 118 Å². The van der Waals surface area contributed by atoms with Gasteiger partial charge in [-0.3, -0.25) is 0 Å². The largest absolute Gasteiger partial charge is 0.326 e. The summed E-state index contributed by atoms with van der Waals surface area (Å²) >= 11 is 6.19. The molecule has 2 heterocycles. The number of hydrogen-bond acceptors (Lipinski definition) is 3. The molecule has 0 fully saturated rings. The van der Waals surface area contributed by atoms with E-state index in [1.54, 1.807) is 4.68 Å². The fourth-order valence-corrected chi connectivity index (χ4v) is 2.08. The molecule has 4 nitrogen and oxygen atoms in total. The molecule has 0 unspecified atom stereocenters. The molecule has 0 aliphatic carbocycles. The second-order valence-corrected chi connectivity index (χ2v) is 5.39. The van der Waals surface area contributed by atoms with Crippen LogP contribution in [-0.4, -0.2) is 14.8 Å². The van der Waals surface area contributed by atoms with Crippen LogP contribution in [0, 0.1) is 13.8 Å². The quantitative estimate of drug-likeness (QED) is 0.938. The highest BCUT2D eigenvalue weighted by Gasteiger charge is 2.13. The van der Waals surface area contributed by atoms with Crippen LogP contribution in [0.2, 0.25) is 5.02 Å². The molecule has 2 N–H and O–H groups in total. The van der Waals surface area contributed by atoms with Crippen molar-refractivity contribution in [1.29, 1.82) is 0 Å². The van der Waals surface area contributed by atoms with Gasteiger partial charge >= 0.3 is 0 Å². The van der Waals surface area contributed by atoms with Crippen molar-refractivity contribution in [2.24, 2.45) is 5.73 Å². The summed E-state index contributed by atoms with van der Waals surface area (Å²) in [4.78, 5) is 4.65. The van der Waals surface area contributed by atoms with Gasteiger partial charge in [-0.05, 0) is 37.5 Å². The summed E-state index contributed by atoms with van der Waals surface area (Å²) in [5, 5.41) is 5.12. The van der Waals surface area contributed by atoms with Gasteiger partial charge in [0.1, 0.15) is 0 Å². The molecule has 2 aromatic rings. The Hall–Kier alpha value is -1.39. The Morgan fingerprint density at radius 3 is 2.47 bits per heavy atom. The van der Waals surface area contributed by atoms with Crippen LogP contribution in [0.25, 0.3) is 5.82 Å². The molecular formula is C14H19ClN4. The zero-order valence-electron chi connectivity index (χ0n) is 11.7. The molecule has 0 amide bonds. The second-order valence-electron chi connectivity index (χ2n) is 5.01. The van der Waals surface area contributed by atoms with E-state index >= 15 is 0 Å². The first-order chi connectivity index (χ1) is 8.93. The van der Waals surface area contributed by atoms with Crippen LogP contribution in [0.5, 0.6) is 0 Å². The zero-order valence-corrected chi connectivity index (χ0v) is 12.5. The van der Waals surface area contributed by atoms with Gasteiger partial charge in [0, 0.05) is 12.2 Å². The summed E-state index contributed by atoms with van der Waals surface area (Å²) in [5.41, 5.74) is 9.53. The van der Waals surface area contributed by atoms with E-state index < -0.39 is 0 Å². The first-order valence-electron chi connectivity index (χ1n) is 6.37. The van der Waals surface area contributed by atoms with E-state index in [2.05, 4.69) is 23.9 Å². The van der Waals surface area contributed by atoms with Crippen molar-refractivity contribution in [3.63, 3.8) is 0 Å². The van der Waals surface area contributed by atoms with E-state index in [9.17, 15) is 0 Å². The lowest BCUT2D eigenvalue weighted by Crippen LogP contribution is -2.08. The molecule has 5 heteroatoms. The molecule has 2 rings (SSSR count). The Balaban J connectivity index is 2.61. The maximum absolute atomic E-state index is 6.19. The summed E-state index contributed by atoms with van der Waals surface area (Å²) in [7, 11) is 0. The molecule has 2 aromatic heterocycles. The average Bonchev–Trinajstić information content (AvgIpc) is 2.66. The number of nitrogens with two attached hydrogens (primary N) is 1. The average molecular weight is 279 g/mol. The highest BCUT2D eigenvalue weighted by molar-refractivity contribution is 6.31. The predicted octanol–water partition coefficient (Wildman–Crippen LogP) is 3.12. The monoisotopic (exact) mass is 278 g/mol. The van der Waals surface area contributed by atoms with Gasteiger partial charge in [-0.2, -0.15) is 5.10 Å². The van der Waals surface area contributed by atoms with Crippen molar-refractivity contribution in [2.75, 3.05) is 0 Å². The Morgan fingerprint density at radius 1 is 1.32 bits per heavy atom. The minimum absolute atomic E-state index is 0.345. The number of nitrogens with zero attached hydrogens (tertiary/aromatic N) is 3. The van der Waals surface area contributed by atoms with Crippen molar-refractivity contribution in [3.05, 3.63) is 39.8 Å². The number of aromatic nitrogens is 3. The molecule has 0 atom stereocenters. The topological polar surface area (TPSA) is 56.7 Å². The minimum atomic E-state index is 0.345. The molecule has 0 aliphatic heterocycles. The van der Waals surface area contributed by atoms with Crippen molar-refractivity contribution < 1.29 is 0 Å². The SMILES string of the molecule is Cc1nn(-c2cc(CN)cc(C(C)C)n2)c(C)c1Cl. The molecular weight excluding hydrogens is 260 g/mol. The van der Waals surface area contributed by atoms with E-state index in [1.807, 2.05) is 26.0 Å². The highest BCUT2D eigenvalue weighted by atomic mass is 35.5. The van der Waals surface area contributed by atoms with Crippen molar-refractivity contribution in [3.8, 4) is 5.82 Å². The lowest BCUT2D eigenvalue weighted by molar-refractivity contribution is 0.761. The van der Waals surface area contributed by atoms with E-state index in [0.29, 0.717) is 17.5 Å². The van der Waals surface area contributed by atoms with E-state index in [4.69, 9.17) is 17.3 Å². The van der Waals surface area contributed by atoms with Gasteiger partial charge in [0.25, 0.3) is 0 Å². The fraction of sp³-hybridized carbons (Fsp3) is 0.429. The van der Waals surface area contributed by atoms with Crippen molar-refractivity contribution in [1.82, 2.24) is 14.8 Å². The van der Waals surface area contributed by atoms with Gasteiger partial charge in [0.2, 0.25) is 0 Å². The van der Waals surface area contributed by atoms with Gasteiger partial charge < -0.3 is 5.73 Å². The summed E-state index contributed by atoms with van der Waals surface area (Å²) in [6.07, 6.45) is 0. The predicted molar refractivity (Wildman–Crippen MR) is 77.8 cm³/mol. The zero-order chi connectivity index (χ0) is 14.2. The minimum Gasteiger partial charge on any atom is -0.326 e. The van der Waals surface area contributed by atoms with Gasteiger partial charge in [0.15, 0.2) is 5.82 Å². The van der Waals surface area contributed by atoms with Gasteiger partial charge in [-0.25, -0.2) is 9.67 Å². The number of hydrogen-bond donors (Lipinski definition) is 1. The number of halogens is 1. The third kappa shape index (κ3) is 2.65. The summed E-state index contributed by atoms with van der Waals surface area (Å²) < 4.78 is 1.78. The maximum Gasteiger partial charge on any atom is 0.154 e. The van der Waals surface area contributed by atoms with Crippen LogP contribution in [0.4, 0.5) is 0 Å². The molecule has 0 radical (unpaired) electrons. The standard InChI is InChI=1S/C14H19ClN4/c1-8(2)12-5-11(7-16)6-13(17-12)19-10(4)14(15)9(3)18-19/h5-6,8H,7,16H2,1-4H3. The third-order valence-electron chi connectivity index (χ3n) is 3.14. The normalized spacial score (nSPS) is 11.3. The third-order valence-corrected chi connectivity index (χ3v) is 3.69. The van der Waals surface area contributed by atoms with Gasteiger partial charge in [-0.15, -0.1) is 0 Å². The number of aryl methyl sites for hydroxylation is 1. The lowest BCUT2D eigenvalue weighted by Gasteiger charge is -2.11. The maximum atomic E-state index is 6.19. The Bertz CT molecular complexity index is 602. The van der Waals surface area contributed by atoms with Crippen molar-refractivity contribution >= 4 is 11.6 Å². The Morgan fingerprint density at radius 2 is 2.00 bits per heavy atom. The highest BCUT2D eigenvalue weighted by Crippen LogP contribution is 2.23. The van der Waals surface area contributed by atoms with Gasteiger partial charge in [-0.1, -0.05) is 25.4 Å². The number of rotatable bonds is 3. The van der Waals surface area contributed by atoms with Crippen LogP contribution in [0.15, 0.2) is 12.1 Å². The van der Waals surface area contributed by atoms with E-state index in [1.165, 1.54) is 0 Å². The van der Waals surface area contributed by atoms with Crippen LogP contribution >= 0.6 is 11.6 Å². The summed E-state index contributed by atoms with van der Waals surface area (Å²) in [6.45, 7) is 8.54. The molecule has 0 spiro atoms. The van der Waals surface area contributed by atoms with Gasteiger partial charge in [0.05, 0.1) is 16.4 Å². The smallest absolute Gasteiger partial charge is 0.154 e. The molecule has 0 saturated carbocycles. The van der Waals surface area contributed by atoms with E-state index in [0.717, 1.165) is 28.5 Å². The fourth-order valence-electron chi connectivity index (χ4n) is 1.96. The number of pyridine rings is 1. The van der Waals surface area contributed by atoms with Crippen LogP contribution < -0.4 is 5.73 Å². The van der Waals surface area contributed by atoms with E-state index in [-0.39, 0.29) is 0 Å². The first-order valence-corrected chi connectivity index (χ1v) is 6.74. The van der Waals surface area contributed by atoms with Crippen LogP contribution in [-0.2, 0) is 6.54 Å². The van der Waals surface area contributed by atoms with Crippen LogP contribution in [0.1, 0.15) is 42.4 Å². The molecule has 0 aliphatic rings. The second kappa shape index (κ2) is 5.31.